The Bertz CT molecular complexity index is 764. The Kier molecular flexibility index (Phi) is 5.11. The van der Waals surface area contributed by atoms with Gasteiger partial charge in [0.15, 0.2) is 0 Å². The Balaban J connectivity index is 1.70. The number of nitrogens with one attached hydrogen (secondary N) is 1. The zero-order valence-corrected chi connectivity index (χ0v) is 14.7. The molecule has 0 saturated heterocycles. The smallest absolute Gasteiger partial charge is 0.227 e. The van der Waals surface area contributed by atoms with E-state index in [4.69, 9.17) is 4.98 Å². The van der Waals surface area contributed by atoms with Gasteiger partial charge < -0.3 is 10.2 Å². The third kappa shape index (κ3) is 3.57. The van der Waals surface area contributed by atoms with E-state index >= 15 is 0 Å². The molecule has 1 amide bonds. The number of nitrogens with zero attached hydrogens (tertiary/aromatic N) is 2. The Morgan fingerprint density at radius 2 is 2.17 bits per heavy atom. The summed E-state index contributed by atoms with van der Waals surface area (Å²) < 4.78 is 0. The highest BCUT2D eigenvalue weighted by atomic mass is 32.1. The molecule has 24 heavy (non-hydrogen) atoms. The van der Waals surface area contributed by atoms with Gasteiger partial charge in [-0.15, -0.1) is 11.3 Å². The predicted molar refractivity (Wildman–Crippen MR) is 100.0 cm³/mol. The third-order valence-electron chi connectivity index (χ3n) is 4.01. The molecule has 0 bridgehead atoms. The summed E-state index contributed by atoms with van der Waals surface area (Å²) >= 11 is 1.64. The lowest BCUT2D eigenvalue weighted by Crippen LogP contribution is -2.30. The van der Waals surface area contributed by atoms with Crippen molar-refractivity contribution in [3.8, 4) is 10.6 Å². The highest BCUT2D eigenvalue weighted by molar-refractivity contribution is 7.13. The predicted octanol–water partition coefficient (Wildman–Crippen LogP) is 3.84. The third-order valence-corrected chi connectivity index (χ3v) is 4.89. The van der Waals surface area contributed by atoms with E-state index < -0.39 is 0 Å². The van der Waals surface area contributed by atoms with Crippen LogP contribution in [-0.4, -0.2) is 24.5 Å². The van der Waals surface area contributed by atoms with Crippen molar-refractivity contribution in [2.75, 3.05) is 18.5 Å². The van der Waals surface area contributed by atoms with Crippen molar-refractivity contribution in [2.45, 2.75) is 13.3 Å². The van der Waals surface area contributed by atoms with E-state index in [1.165, 1.54) is 0 Å². The summed E-state index contributed by atoms with van der Waals surface area (Å²) in [6, 6.07) is 10.2. The normalized spacial score (nSPS) is 16.6. The van der Waals surface area contributed by atoms with Gasteiger partial charge in [0, 0.05) is 30.2 Å². The van der Waals surface area contributed by atoms with Crippen LogP contribution in [0, 0.1) is 5.92 Å². The number of amides is 1. The van der Waals surface area contributed by atoms with E-state index in [-0.39, 0.29) is 11.8 Å². The van der Waals surface area contributed by atoms with Gasteiger partial charge in [-0.25, -0.2) is 4.98 Å². The van der Waals surface area contributed by atoms with Crippen LogP contribution in [0.3, 0.4) is 0 Å². The molecule has 1 aromatic heterocycles. The molecule has 1 aliphatic carbocycles. The SMILES string of the molecule is CCNC(=O)C1C=CC(N(C)c2csc(-c3ccccc3)n2)=CC1. The minimum absolute atomic E-state index is 0.0718. The fourth-order valence-corrected chi connectivity index (χ4v) is 3.47. The lowest BCUT2D eigenvalue weighted by Gasteiger charge is -2.22. The zero-order chi connectivity index (χ0) is 16.9. The van der Waals surface area contributed by atoms with Crippen molar-refractivity contribution < 1.29 is 4.79 Å². The average molecular weight is 339 g/mol. The number of anilines is 1. The molecule has 0 radical (unpaired) electrons. The molecule has 1 N–H and O–H groups in total. The van der Waals surface area contributed by atoms with Crippen molar-refractivity contribution in [2.24, 2.45) is 5.92 Å². The van der Waals surface area contributed by atoms with Crippen molar-refractivity contribution >= 4 is 23.1 Å². The van der Waals surface area contributed by atoms with E-state index in [1.54, 1.807) is 11.3 Å². The summed E-state index contributed by atoms with van der Waals surface area (Å²) in [5.41, 5.74) is 2.20. The van der Waals surface area contributed by atoms with Gasteiger partial charge in [0.2, 0.25) is 5.91 Å². The largest absolute Gasteiger partial charge is 0.356 e. The van der Waals surface area contributed by atoms with Gasteiger partial charge in [0.1, 0.15) is 10.8 Å². The first-order chi connectivity index (χ1) is 11.7. The van der Waals surface area contributed by atoms with Crippen molar-refractivity contribution in [3.05, 3.63) is 59.6 Å². The number of hydrogen-bond acceptors (Lipinski definition) is 4. The first-order valence-corrected chi connectivity index (χ1v) is 8.97. The molecule has 1 aromatic carbocycles. The van der Waals surface area contributed by atoms with E-state index in [2.05, 4.69) is 33.8 Å². The number of rotatable bonds is 5. The molecule has 5 heteroatoms. The molecule has 1 heterocycles. The van der Waals surface area contributed by atoms with Gasteiger partial charge in [-0.2, -0.15) is 0 Å². The van der Waals surface area contributed by atoms with Gasteiger partial charge in [0.25, 0.3) is 0 Å². The molecule has 1 unspecified atom stereocenters. The molecule has 4 nitrogen and oxygen atoms in total. The van der Waals surface area contributed by atoms with Crippen LogP contribution in [-0.2, 0) is 4.79 Å². The van der Waals surface area contributed by atoms with Crippen LogP contribution in [0.1, 0.15) is 13.3 Å². The first-order valence-electron chi connectivity index (χ1n) is 8.09. The Morgan fingerprint density at radius 3 is 2.83 bits per heavy atom. The standard InChI is InChI=1S/C19H21N3OS/c1-3-20-18(23)14-9-11-16(12-10-14)22(2)17-13-24-19(21-17)15-7-5-4-6-8-15/h4-9,11-14H,3,10H2,1-2H3,(H,20,23). The van der Waals surface area contributed by atoms with Crippen molar-refractivity contribution in [1.29, 1.82) is 0 Å². The zero-order valence-electron chi connectivity index (χ0n) is 13.9. The summed E-state index contributed by atoms with van der Waals surface area (Å²) in [6.07, 6.45) is 6.80. The summed E-state index contributed by atoms with van der Waals surface area (Å²) in [7, 11) is 2.01. The highest BCUT2D eigenvalue weighted by Gasteiger charge is 2.19. The van der Waals surface area contributed by atoms with Gasteiger partial charge in [-0.05, 0) is 19.4 Å². The second-order valence-electron chi connectivity index (χ2n) is 5.66. The van der Waals surface area contributed by atoms with E-state index in [9.17, 15) is 4.79 Å². The maximum atomic E-state index is 11.9. The minimum Gasteiger partial charge on any atom is -0.356 e. The van der Waals surface area contributed by atoms with Gasteiger partial charge >= 0.3 is 0 Å². The number of carbonyl (C=O) groups is 1. The first kappa shape index (κ1) is 16.5. The van der Waals surface area contributed by atoms with Crippen LogP contribution < -0.4 is 10.2 Å². The number of likely N-dealkylation sites (N-methyl/N-ethyl adjacent to an activating group) is 1. The number of hydrogen-bond donors (Lipinski definition) is 1. The van der Waals surface area contributed by atoms with Gasteiger partial charge in [-0.1, -0.05) is 42.5 Å². The summed E-state index contributed by atoms with van der Waals surface area (Å²) in [6.45, 7) is 2.60. The highest BCUT2D eigenvalue weighted by Crippen LogP contribution is 2.29. The number of thiazole rings is 1. The van der Waals surface area contributed by atoms with E-state index in [1.807, 2.05) is 44.3 Å². The van der Waals surface area contributed by atoms with Gasteiger partial charge in [-0.3, -0.25) is 4.79 Å². The second kappa shape index (κ2) is 7.45. The molecule has 2 aromatic rings. The van der Waals surface area contributed by atoms with Crippen LogP contribution >= 0.6 is 11.3 Å². The van der Waals surface area contributed by atoms with Crippen molar-refractivity contribution in [3.63, 3.8) is 0 Å². The molecular formula is C19H21N3OS. The van der Waals surface area contributed by atoms with Crippen LogP contribution in [0.2, 0.25) is 0 Å². The van der Waals surface area contributed by atoms with Crippen molar-refractivity contribution in [1.82, 2.24) is 10.3 Å². The molecule has 0 fully saturated rings. The Hall–Kier alpha value is -2.40. The van der Waals surface area contributed by atoms with Crippen LogP contribution in [0.4, 0.5) is 5.82 Å². The number of aromatic nitrogens is 1. The fraction of sp³-hybridized carbons (Fsp3) is 0.263. The van der Waals surface area contributed by atoms with Crippen LogP contribution in [0.15, 0.2) is 59.6 Å². The summed E-state index contributed by atoms with van der Waals surface area (Å²) in [5.74, 6) is 0.940. The number of allylic oxidation sites excluding steroid dienone is 2. The molecule has 124 valence electrons. The maximum absolute atomic E-state index is 11.9. The lowest BCUT2D eigenvalue weighted by atomic mass is 9.98. The van der Waals surface area contributed by atoms with E-state index in [0.717, 1.165) is 28.5 Å². The maximum Gasteiger partial charge on any atom is 0.227 e. The Labute approximate surface area is 146 Å². The second-order valence-corrected chi connectivity index (χ2v) is 6.52. The molecule has 0 saturated carbocycles. The fourth-order valence-electron chi connectivity index (χ4n) is 2.62. The molecule has 0 spiro atoms. The van der Waals surface area contributed by atoms with Crippen LogP contribution in [0.25, 0.3) is 10.6 Å². The van der Waals surface area contributed by atoms with E-state index in [0.29, 0.717) is 6.54 Å². The topological polar surface area (TPSA) is 45.2 Å². The Morgan fingerprint density at radius 1 is 1.38 bits per heavy atom. The molecule has 3 rings (SSSR count). The minimum atomic E-state index is -0.0718. The molecule has 0 aliphatic heterocycles. The lowest BCUT2D eigenvalue weighted by molar-refractivity contribution is -0.123. The monoisotopic (exact) mass is 339 g/mol. The number of carbonyl (C=O) groups excluding carboxylic acids is 1. The number of benzene rings is 1. The van der Waals surface area contributed by atoms with Crippen LogP contribution in [0.5, 0.6) is 0 Å². The molecule has 1 atom stereocenters. The summed E-state index contributed by atoms with van der Waals surface area (Å²) in [5, 5.41) is 5.94. The summed E-state index contributed by atoms with van der Waals surface area (Å²) in [4.78, 5) is 18.7. The van der Waals surface area contributed by atoms with Gasteiger partial charge in [0.05, 0.1) is 5.92 Å². The quantitative estimate of drug-likeness (QED) is 0.900. The molecule has 1 aliphatic rings. The average Bonchev–Trinajstić information content (AvgIpc) is 3.12. The molecular weight excluding hydrogens is 318 g/mol.